The molecule has 4 rings (SSSR count). The molecule has 0 saturated carbocycles. The third-order valence-electron chi connectivity index (χ3n) is 4.39. The van der Waals surface area contributed by atoms with Gasteiger partial charge in [0, 0.05) is 48.2 Å². The number of rotatable bonds is 7. The molecule has 11 heteroatoms. The van der Waals surface area contributed by atoms with E-state index < -0.39 is 4.92 Å². The summed E-state index contributed by atoms with van der Waals surface area (Å²) in [4.78, 5) is 30.8. The second kappa shape index (κ2) is 9.07. The number of nitro groups is 1. The molecule has 0 bridgehead atoms. The van der Waals surface area contributed by atoms with E-state index in [1.807, 2.05) is 6.07 Å². The van der Waals surface area contributed by atoms with Crippen LogP contribution in [-0.2, 0) is 6.42 Å². The second-order valence-electron chi connectivity index (χ2n) is 6.45. The Morgan fingerprint density at radius 3 is 2.61 bits per heavy atom. The van der Waals surface area contributed by atoms with Gasteiger partial charge in [-0.15, -0.1) is 0 Å². The van der Waals surface area contributed by atoms with Crippen molar-refractivity contribution < 1.29 is 4.92 Å². The van der Waals surface area contributed by atoms with Gasteiger partial charge in [-0.1, -0.05) is 23.2 Å². The fourth-order valence-electron chi connectivity index (χ4n) is 2.91. The fraction of sp³-hybridized carbons (Fsp3) is 0.100. The molecule has 0 unspecified atom stereocenters. The zero-order valence-corrected chi connectivity index (χ0v) is 17.4. The molecule has 1 aromatic carbocycles. The summed E-state index contributed by atoms with van der Waals surface area (Å²) in [5.41, 5.74) is 2.00. The Kier molecular flexibility index (Phi) is 6.06. The fourth-order valence-corrected chi connectivity index (χ4v) is 3.41. The predicted octanol–water partition coefficient (Wildman–Crippen LogP) is 4.80. The van der Waals surface area contributed by atoms with E-state index in [0.717, 1.165) is 0 Å². The number of pyridine rings is 1. The van der Waals surface area contributed by atoms with Crippen molar-refractivity contribution in [3.8, 4) is 22.6 Å². The van der Waals surface area contributed by atoms with Gasteiger partial charge in [0.15, 0.2) is 0 Å². The van der Waals surface area contributed by atoms with Gasteiger partial charge in [-0.25, -0.2) is 19.9 Å². The Morgan fingerprint density at radius 2 is 1.94 bits per heavy atom. The van der Waals surface area contributed by atoms with Crippen LogP contribution in [-0.4, -0.2) is 36.4 Å². The van der Waals surface area contributed by atoms with Gasteiger partial charge >= 0.3 is 0 Å². The summed E-state index contributed by atoms with van der Waals surface area (Å²) in [6, 6.07) is 8.16. The lowest BCUT2D eigenvalue weighted by atomic mass is 10.1. The third kappa shape index (κ3) is 4.79. The molecular weight excluding hydrogens is 441 g/mol. The van der Waals surface area contributed by atoms with Crippen molar-refractivity contribution in [2.45, 2.75) is 6.42 Å². The molecular formula is C20H15Cl2N7O2. The van der Waals surface area contributed by atoms with E-state index in [9.17, 15) is 10.1 Å². The summed E-state index contributed by atoms with van der Waals surface area (Å²) < 4.78 is 0. The monoisotopic (exact) mass is 455 g/mol. The highest BCUT2D eigenvalue weighted by molar-refractivity contribution is 6.36. The first kappa shape index (κ1) is 20.7. The number of aromatic amines is 1. The van der Waals surface area contributed by atoms with Gasteiger partial charge < -0.3 is 10.3 Å². The Labute approximate surface area is 186 Å². The van der Waals surface area contributed by atoms with Crippen LogP contribution in [0.5, 0.6) is 0 Å². The molecule has 4 aromatic rings. The number of H-pyrrole nitrogens is 1. The molecule has 0 aliphatic rings. The molecule has 2 N–H and O–H groups in total. The SMILES string of the molecule is O=[N+]([O-])c1ccc(NCCc2ncc(-c3ncc[nH]3)c(-c3ccc(Cl)cc3Cl)n2)nc1. The van der Waals surface area contributed by atoms with E-state index in [1.54, 1.807) is 36.8 Å². The van der Waals surface area contributed by atoms with Crippen molar-refractivity contribution in [1.82, 2.24) is 24.9 Å². The van der Waals surface area contributed by atoms with Crippen molar-refractivity contribution in [3.05, 3.63) is 81.1 Å². The van der Waals surface area contributed by atoms with Gasteiger partial charge in [0.25, 0.3) is 5.69 Å². The van der Waals surface area contributed by atoms with E-state index in [2.05, 4.69) is 25.3 Å². The summed E-state index contributed by atoms with van der Waals surface area (Å²) in [7, 11) is 0. The van der Waals surface area contributed by atoms with Crippen molar-refractivity contribution in [2.24, 2.45) is 0 Å². The lowest BCUT2D eigenvalue weighted by Crippen LogP contribution is -2.09. The molecule has 0 spiro atoms. The summed E-state index contributed by atoms with van der Waals surface area (Å²) >= 11 is 12.5. The Balaban J connectivity index is 1.57. The van der Waals surface area contributed by atoms with Crippen LogP contribution in [0, 0.1) is 10.1 Å². The highest BCUT2D eigenvalue weighted by atomic mass is 35.5. The molecule has 0 saturated heterocycles. The lowest BCUT2D eigenvalue weighted by molar-refractivity contribution is -0.385. The van der Waals surface area contributed by atoms with Crippen LogP contribution in [0.25, 0.3) is 22.6 Å². The van der Waals surface area contributed by atoms with Gasteiger partial charge in [0.05, 0.1) is 21.2 Å². The zero-order chi connectivity index (χ0) is 21.8. The molecule has 9 nitrogen and oxygen atoms in total. The molecule has 0 aliphatic carbocycles. The van der Waals surface area contributed by atoms with Crippen LogP contribution in [0.4, 0.5) is 11.5 Å². The van der Waals surface area contributed by atoms with Gasteiger partial charge in [-0.3, -0.25) is 10.1 Å². The van der Waals surface area contributed by atoms with Crippen LogP contribution >= 0.6 is 23.2 Å². The summed E-state index contributed by atoms with van der Waals surface area (Å²) in [6.45, 7) is 0.485. The minimum absolute atomic E-state index is 0.0631. The molecule has 156 valence electrons. The Morgan fingerprint density at radius 1 is 1.06 bits per heavy atom. The van der Waals surface area contributed by atoms with E-state index in [0.29, 0.717) is 57.3 Å². The lowest BCUT2D eigenvalue weighted by Gasteiger charge is -2.11. The first-order valence-electron chi connectivity index (χ1n) is 9.16. The van der Waals surface area contributed by atoms with Gasteiger partial charge in [0.1, 0.15) is 23.7 Å². The number of anilines is 1. The highest BCUT2D eigenvalue weighted by Crippen LogP contribution is 2.34. The number of hydrogen-bond donors (Lipinski definition) is 2. The van der Waals surface area contributed by atoms with Crippen molar-refractivity contribution in [3.63, 3.8) is 0 Å². The molecule has 0 fully saturated rings. The average Bonchev–Trinajstić information content (AvgIpc) is 3.29. The minimum Gasteiger partial charge on any atom is -0.370 e. The van der Waals surface area contributed by atoms with Crippen molar-refractivity contribution in [2.75, 3.05) is 11.9 Å². The molecule has 31 heavy (non-hydrogen) atoms. The van der Waals surface area contributed by atoms with Crippen LogP contribution < -0.4 is 5.32 Å². The smallest absolute Gasteiger partial charge is 0.287 e. The third-order valence-corrected chi connectivity index (χ3v) is 4.94. The zero-order valence-electron chi connectivity index (χ0n) is 15.9. The van der Waals surface area contributed by atoms with Crippen LogP contribution in [0.2, 0.25) is 10.0 Å². The summed E-state index contributed by atoms with van der Waals surface area (Å²) in [5, 5.41) is 14.8. The number of halogens is 2. The molecule has 0 aliphatic heterocycles. The molecule has 3 aromatic heterocycles. The number of aromatic nitrogens is 5. The standard InChI is InChI=1S/C20H15Cl2N7O2/c21-12-1-3-14(16(22)9-12)19-15(20-24-7-8-25-20)11-27-18(28-19)5-6-23-17-4-2-13(10-26-17)29(30)31/h1-4,7-11H,5-6H2,(H,23,26)(H,24,25). The van der Waals surface area contributed by atoms with E-state index >= 15 is 0 Å². The molecule has 3 heterocycles. The van der Waals surface area contributed by atoms with E-state index in [1.165, 1.54) is 12.3 Å². The van der Waals surface area contributed by atoms with Crippen LogP contribution in [0.15, 0.2) is 55.1 Å². The molecule has 0 radical (unpaired) electrons. The van der Waals surface area contributed by atoms with Crippen LogP contribution in [0.3, 0.4) is 0 Å². The number of hydrogen-bond acceptors (Lipinski definition) is 7. The van der Waals surface area contributed by atoms with Gasteiger partial charge in [-0.2, -0.15) is 0 Å². The minimum atomic E-state index is -0.491. The maximum atomic E-state index is 10.7. The van der Waals surface area contributed by atoms with E-state index in [-0.39, 0.29) is 5.69 Å². The number of imidazole rings is 1. The normalized spacial score (nSPS) is 10.8. The first-order chi connectivity index (χ1) is 15.0. The first-order valence-corrected chi connectivity index (χ1v) is 9.92. The Bertz CT molecular complexity index is 1210. The van der Waals surface area contributed by atoms with E-state index in [4.69, 9.17) is 28.2 Å². The van der Waals surface area contributed by atoms with Crippen molar-refractivity contribution in [1.29, 1.82) is 0 Å². The quantitative estimate of drug-likeness (QED) is 0.303. The molecule has 0 atom stereocenters. The topological polar surface area (TPSA) is 123 Å². The number of benzene rings is 1. The maximum absolute atomic E-state index is 10.7. The van der Waals surface area contributed by atoms with Crippen LogP contribution in [0.1, 0.15) is 5.82 Å². The highest BCUT2D eigenvalue weighted by Gasteiger charge is 2.16. The number of nitrogens with one attached hydrogen (secondary N) is 2. The Hall–Kier alpha value is -3.56. The molecule has 0 amide bonds. The van der Waals surface area contributed by atoms with Gasteiger partial charge in [0.2, 0.25) is 0 Å². The largest absolute Gasteiger partial charge is 0.370 e. The van der Waals surface area contributed by atoms with Gasteiger partial charge in [-0.05, 0) is 24.3 Å². The summed E-state index contributed by atoms with van der Waals surface area (Å²) in [5.74, 6) is 1.74. The maximum Gasteiger partial charge on any atom is 0.287 e. The summed E-state index contributed by atoms with van der Waals surface area (Å²) in [6.07, 6.45) is 6.77. The number of nitrogens with zero attached hydrogens (tertiary/aromatic N) is 5. The predicted molar refractivity (Wildman–Crippen MR) is 118 cm³/mol. The second-order valence-corrected chi connectivity index (χ2v) is 7.29. The average molecular weight is 456 g/mol. The van der Waals surface area contributed by atoms with Crippen molar-refractivity contribution >= 4 is 34.7 Å².